The van der Waals surface area contributed by atoms with Crippen molar-refractivity contribution in [2.45, 2.75) is 6.18 Å². The van der Waals surface area contributed by atoms with Crippen LogP contribution in [-0.4, -0.2) is 70.8 Å². The van der Waals surface area contributed by atoms with Crippen LogP contribution < -0.4 is 4.90 Å². The molecule has 0 unspecified atom stereocenters. The van der Waals surface area contributed by atoms with Crippen molar-refractivity contribution >= 4 is 23.5 Å². The quantitative estimate of drug-likeness (QED) is 0.514. The highest BCUT2D eigenvalue weighted by Crippen LogP contribution is 2.30. The molecule has 13 heteroatoms. The van der Waals surface area contributed by atoms with Crippen LogP contribution in [0, 0.1) is 16.0 Å². The Balaban J connectivity index is 1.26. The number of pyridine rings is 1. The fourth-order valence-electron chi connectivity index (χ4n) is 3.65. The van der Waals surface area contributed by atoms with Crippen LogP contribution in [-0.2, 0) is 11.0 Å². The summed E-state index contributed by atoms with van der Waals surface area (Å²) in [5.74, 6) is -1.26. The van der Waals surface area contributed by atoms with Crippen LogP contribution in [0.15, 0.2) is 34.9 Å². The molecule has 0 atom stereocenters. The van der Waals surface area contributed by atoms with Gasteiger partial charge in [-0.1, -0.05) is 0 Å². The molecule has 0 bridgehead atoms. The SMILES string of the molecule is O=C(c1ccc([N+](=O)[O-])o1)N1CC(C(=O)N2CCN(c3ccc(C(F)(F)F)cn3)CC2)C1. The van der Waals surface area contributed by atoms with Gasteiger partial charge in [-0.25, -0.2) is 4.98 Å². The number of carbonyl (C=O) groups is 2. The Kier molecular flexibility index (Phi) is 5.48. The Morgan fingerprint density at radius 1 is 1.06 bits per heavy atom. The van der Waals surface area contributed by atoms with Gasteiger partial charge in [-0.2, -0.15) is 13.2 Å². The molecule has 4 rings (SSSR count). The molecule has 0 saturated carbocycles. The maximum Gasteiger partial charge on any atom is 0.433 e. The number of likely N-dealkylation sites (tertiary alicyclic amines) is 1. The molecule has 0 aromatic carbocycles. The van der Waals surface area contributed by atoms with Gasteiger partial charge in [0.15, 0.2) is 5.76 Å². The predicted octanol–water partition coefficient (Wildman–Crippen LogP) is 2.02. The number of hydrogen-bond donors (Lipinski definition) is 0. The summed E-state index contributed by atoms with van der Waals surface area (Å²) in [5.41, 5.74) is -0.816. The zero-order chi connectivity index (χ0) is 23.0. The molecule has 0 aliphatic carbocycles. The van der Waals surface area contributed by atoms with E-state index in [-0.39, 0.29) is 30.7 Å². The van der Waals surface area contributed by atoms with Gasteiger partial charge in [0.2, 0.25) is 5.91 Å². The standard InChI is InChI=1S/C19H18F3N5O5/c20-19(21,22)13-1-3-15(23-9-13)24-5-7-25(8-6-24)17(28)12-10-26(11-12)18(29)14-2-4-16(32-14)27(30)31/h1-4,9,12H,5-8,10-11H2. The van der Waals surface area contributed by atoms with E-state index < -0.39 is 28.5 Å². The van der Waals surface area contributed by atoms with Crippen LogP contribution in [0.25, 0.3) is 0 Å². The second kappa shape index (κ2) is 8.13. The molecule has 32 heavy (non-hydrogen) atoms. The van der Waals surface area contributed by atoms with Gasteiger partial charge in [-0.15, -0.1) is 0 Å². The number of aromatic nitrogens is 1. The summed E-state index contributed by atoms with van der Waals surface area (Å²) in [6.07, 6.45) is -3.65. The minimum Gasteiger partial charge on any atom is -0.395 e. The zero-order valence-corrected chi connectivity index (χ0v) is 16.6. The molecular formula is C19H18F3N5O5. The summed E-state index contributed by atoms with van der Waals surface area (Å²) in [7, 11) is 0. The fourth-order valence-corrected chi connectivity index (χ4v) is 3.65. The number of amides is 2. The average Bonchev–Trinajstić information content (AvgIpc) is 3.23. The average molecular weight is 453 g/mol. The number of piperazine rings is 1. The second-order valence-corrected chi connectivity index (χ2v) is 7.52. The first-order valence-corrected chi connectivity index (χ1v) is 9.74. The van der Waals surface area contributed by atoms with Gasteiger partial charge in [0.1, 0.15) is 10.7 Å². The van der Waals surface area contributed by atoms with E-state index in [0.717, 1.165) is 18.3 Å². The van der Waals surface area contributed by atoms with Gasteiger partial charge >= 0.3 is 12.1 Å². The van der Waals surface area contributed by atoms with E-state index in [9.17, 15) is 32.9 Å². The van der Waals surface area contributed by atoms with Crippen LogP contribution >= 0.6 is 0 Å². The van der Waals surface area contributed by atoms with Crippen molar-refractivity contribution in [2.75, 3.05) is 44.2 Å². The van der Waals surface area contributed by atoms with Gasteiger partial charge < -0.3 is 19.1 Å². The monoisotopic (exact) mass is 453 g/mol. The first-order valence-electron chi connectivity index (χ1n) is 9.74. The van der Waals surface area contributed by atoms with Crippen LogP contribution in [0.1, 0.15) is 16.1 Å². The molecule has 0 radical (unpaired) electrons. The van der Waals surface area contributed by atoms with Crippen LogP contribution in [0.4, 0.5) is 24.9 Å². The first kappa shape index (κ1) is 21.6. The molecular weight excluding hydrogens is 435 g/mol. The highest BCUT2D eigenvalue weighted by atomic mass is 19.4. The summed E-state index contributed by atoms with van der Waals surface area (Å²) in [6, 6.07) is 4.62. The second-order valence-electron chi connectivity index (χ2n) is 7.52. The number of alkyl halides is 3. The molecule has 2 aromatic heterocycles. The third-order valence-electron chi connectivity index (χ3n) is 5.49. The van der Waals surface area contributed by atoms with E-state index in [2.05, 4.69) is 4.98 Å². The highest BCUT2D eigenvalue weighted by molar-refractivity contribution is 5.94. The topological polar surface area (TPSA) is 113 Å². The number of halogens is 3. The lowest BCUT2D eigenvalue weighted by atomic mass is 9.97. The number of rotatable bonds is 4. The smallest absolute Gasteiger partial charge is 0.395 e. The number of carbonyl (C=O) groups excluding carboxylic acids is 2. The predicted molar refractivity (Wildman–Crippen MR) is 103 cm³/mol. The van der Waals surface area contributed by atoms with Crippen molar-refractivity contribution in [3.63, 3.8) is 0 Å². The summed E-state index contributed by atoms with van der Waals surface area (Å²) >= 11 is 0. The molecule has 2 fully saturated rings. The van der Waals surface area contributed by atoms with Crippen LogP contribution in [0.3, 0.4) is 0 Å². The minimum absolute atomic E-state index is 0.112. The molecule has 2 amide bonds. The molecule has 4 heterocycles. The molecule has 170 valence electrons. The zero-order valence-electron chi connectivity index (χ0n) is 16.6. The van der Waals surface area contributed by atoms with Crippen molar-refractivity contribution in [2.24, 2.45) is 5.92 Å². The Hall–Kier alpha value is -3.64. The molecule has 2 aliphatic heterocycles. The van der Waals surface area contributed by atoms with Gasteiger partial charge in [-0.3, -0.25) is 19.7 Å². The maximum atomic E-state index is 12.7. The molecule has 2 saturated heterocycles. The summed E-state index contributed by atoms with van der Waals surface area (Å²) in [6.45, 7) is 2.00. The van der Waals surface area contributed by atoms with E-state index in [0.29, 0.717) is 32.0 Å². The summed E-state index contributed by atoms with van der Waals surface area (Å²) in [4.78, 5) is 43.6. The Morgan fingerprint density at radius 2 is 1.75 bits per heavy atom. The van der Waals surface area contributed by atoms with Crippen LogP contribution in [0.2, 0.25) is 0 Å². The van der Waals surface area contributed by atoms with Gasteiger partial charge in [-0.05, 0) is 18.2 Å². The number of anilines is 1. The lowest BCUT2D eigenvalue weighted by Crippen LogP contribution is -2.59. The van der Waals surface area contributed by atoms with E-state index in [4.69, 9.17) is 4.42 Å². The number of nitrogens with zero attached hydrogens (tertiary/aromatic N) is 5. The van der Waals surface area contributed by atoms with Gasteiger partial charge in [0.25, 0.3) is 5.91 Å². The van der Waals surface area contributed by atoms with E-state index in [1.54, 1.807) is 4.90 Å². The van der Waals surface area contributed by atoms with E-state index in [1.165, 1.54) is 17.0 Å². The summed E-state index contributed by atoms with van der Waals surface area (Å²) < 4.78 is 42.9. The number of nitro groups is 1. The Bertz CT molecular complexity index is 1020. The Labute approximate surface area is 179 Å². The molecule has 10 nitrogen and oxygen atoms in total. The largest absolute Gasteiger partial charge is 0.433 e. The van der Waals surface area contributed by atoms with Crippen molar-refractivity contribution in [1.82, 2.24) is 14.8 Å². The van der Waals surface area contributed by atoms with E-state index >= 15 is 0 Å². The molecule has 2 aliphatic rings. The normalized spacial score (nSPS) is 17.3. The first-order chi connectivity index (χ1) is 15.1. The highest BCUT2D eigenvalue weighted by Gasteiger charge is 2.40. The van der Waals surface area contributed by atoms with Crippen molar-refractivity contribution in [1.29, 1.82) is 0 Å². The molecule has 2 aromatic rings. The summed E-state index contributed by atoms with van der Waals surface area (Å²) in [5, 5.41) is 10.7. The Morgan fingerprint density at radius 3 is 2.28 bits per heavy atom. The third kappa shape index (κ3) is 4.22. The van der Waals surface area contributed by atoms with Gasteiger partial charge in [0, 0.05) is 45.5 Å². The van der Waals surface area contributed by atoms with Crippen molar-refractivity contribution in [3.8, 4) is 0 Å². The van der Waals surface area contributed by atoms with Crippen molar-refractivity contribution < 1.29 is 32.1 Å². The lowest BCUT2D eigenvalue weighted by Gasteiger charge is -2.42. The van der Waals surface area contributed by atoms with E-state index in [1.807, 2.05) is 4.90 Å². The van der Waals surface area contributed by atoms with Crippen LogP contribution in [0.5, 0.6) is 0 Å². The maximum absolute atomic E-state index is 12.7. The molecule has 0 N–H and O–H groups in total. The third-order valence-corrected chi connectivity index (χ3v) is 5.49. The number of hydrogen-bond acceptors (Lipinski definition) is 7. The fraction of sp³-hybridized carbons (Fsp3) is 0.421. The molecule has 0 spiro atoms. The van der Waals surface area contributed by atoms with Gasteiger partial charge in [0.05, 0.1) is 17.5 Å². The minimum atomic E-state index is -4.44. The van der Waals surface area contributed by atoms with Crippen molar-refractivity contribution in [3.05, 3.63) is 51.9 Å². The number of furan rings is 1. The lowest BCUT2D eigenvalue weighted by molar-refractivity contribution is -0.402.